The third-order valence-corrected chi connectivity index (χ3v) is 2.91. The zero-order chi connectivity index (χ0) is 12.1. The van der Waals surface area contributed by atoms with Gasteiger partial charge in [-0.1, -0.05) is 12.2 Å². The monoisotopic (exact) mass is 245 g/mol. The largest absolute Gasteiger partial charge is 0.393 e. The molecule has 1 rings (SSSR count). The van der Waals surface area contributed by atoms with Crippen molar-refractivity contribution in [1.82, 2.24) is 9.80 Å². The quantitative estimate of drug-likeness (QED) is 0.733. The molecule has 0 aliphatic carbocycles. The Balaban J connectivity index is 2.48. The minimum Gasteiger partial charge on any atom is -0.393 e. The highest BCUT2D eigenvalue weighted by Crippen LogP contribution is 2.07. The van der Waals surface area contributed by atoms with E-state index in [2.05, 4.69) is 0 Å². The molecule has 0 saturated carbocycles. The zero-order valence-electron chi connectivity index (χ0n) is 9.81. The first-order valence-corrected chi connectivity index (χ1v) is 5.81. The van der Waals surface area contributed by atoms with Gasteiger partial charge in [-0.25, -0.2) is 4.79 Å². The minimum atomic E-state index is 0.0204. The van der Waals surface area contributed by atoms with Crippen LogP contribution in [0.3, 0.4) is 0 Å². The molecule has 1 heterocycles. The molecule has 0 bridgehead atoms. The van der Waals surface area contributed by atoms with Crippen LogP contribution in [0.15, 0.2) is 0 Å². The van der Waals surface area contributed by atoms with Crippen molar-refractivity contribution in [3.63, 3.8) is 0 Å². The van der Waals surface area contributed by atoms with E-state index in [-0.39, 0.29) is 12.1 Å². The van der Waals surface area contributed by atoms with Crippen molar-refractivity contribution in [2.24, 2.45) is 5.73 Å². The van der Waals surface area contributed by atoms with Crippen molar-refractivity contribution in [3.05, 3.63) is 0 Å². The Morgan fingerprint density at radius 3 is 2.62 bits per heavy atom. The molecule has 2 amide bonds. The molecule has 0 spiro atoms. The maximum Gasteiger partial charge on any atom is 0.320 e. The van der Waals surface area contributed by atoms with Crippen molar-refractivity contribution in [3.8, 4) is 0 Å². The maximum absolute atomic E-state index is 12.0. The van der Waals surface area contributed by atoms with Crippen molar-refractivity contribution in [2.75, 3.05) is 33.4 Å². The van der Waals surface area contributed by atoms with Gasteiger partial charge in [0, 0.05) is 32.6 Å². The molecule has 1 unspecified atom stereocenters. The van der Waals surface area contributed by atoms with Crippen molar-refractivity contribution < 1.29 is 9.53 Å². The molecule has 16 heavy (non-hydrogen) atoms. The Labute approximate surface area is 102 Å². The first-order chi connectivity index (χ1) is 7.52. The number of ether oxygens (including phenoxy) is 1. The fourth-order valence-electron chi connectivity index (χ4n) is 1.59. The number of hydrogen-bond donors (Lipinski definition) is 1. The smallest absolute Gasteiger partial charge is 0.320 e. The molecule has 1 atom stereocenters. The summed E-state index contributed by atoms with van der Waals surface area (Å²) in [5.74, 6) is 0. The summed E-state index contributed by atoms with van der Waals surface area (Å²) in [4.78, 5) is 15.9. The van der Waals surface area contributed by atoms with E-state index < -0.39 is 0 Å². The summed E-state index contributed by atoms with van der Waals surface area (Å²) in [6.45, 7) is 4.48. The SMILES string of the molecule is CC(CC(N)=S)N(C)C(=O)N1CCOCC1. The number of morpholine rings is 1. The molecule has 5 nitrogen and oxygen atoms in total. The van der Waals surface area contributed by atoms with Crippen LogP contribution in [-0.2, 0) is 4.74 Å². The number of hydrogen-bond acceptors (Lipinski definition) is 3. The third kappa shape index (κ3) is 3.61. The molecule has 0 aromatic heterocycles. The van der Waals surface area contributed by atoms with Gasteiger partial charge in [-0.2, -0.15) is 0 Å². The van der Waals surface area contributed by atoms with E-state index in [0.29, 0.717) is 37.7 Å². The molecule has 0 aromatic carbocycles. The van der Waals surface area contributed by atoms with Crippen molar-refractivity contribution >= 4 is 23.2 Å². The van der Waals surface area contributed by atoms with E-state index in [1.54, 1.807) is 16.8 Å². The lowest BCUT2D eigenvalue weighted by molar-refractivity contribution is 0.0428. The van der Waals surface area contributed by atoms with Gasteiger partial charge in [-0.05, 0) is 6.92 Å². The van der Waals surface area contributed by atoms with Gasteiger partial charge in [0.1, 0.15) is 0 Å². The van der Waals surface area contributed by atoms with Crippen LogP contribution in [0.4, 0.5) is 4.79 Å². The van der Waals surface area contributed by atoms with Gasteiger partial charge in [-0.15, -0.1) is 0 Å². The topological polar surface area (TPSA) is 58.8 Å². The molecule has 1 fully saturated rings. The summed E-state index contributed by atoms with van der Waals surface area (Å²) < 4.78 is 5.20. The lowest BCUT2D eigenvalue weighted by Crippen LogP contribution is -2.49. The molecular weight excluding hydrogens is 226 g/mol. The van der Waals surface area contributed by atoms with E-state index >= 15 is 0 Å². The van der Waals surface area contributed by atoms with Crippen LogP contribution >= 0.6 is 12.2 Å². The summed E-state index contributed by atoms with van der Waals surface area (Å²) in [5.41, 5.74) is 5.47. The van der Waals surface area contributed by atoms with E-state index in [4.69, 9.17) is 22.7 Å². The molecule has 2 N–H and O–H groups in total. The summed E-state index contributed by atoms with van der Waals surface area (Å²) in [5, 5.41) is 0. The van der Waals surface area contributed by atoms with Crippen LogP contribution in [0.2, 0.25) is 0 Å². The molecule has 0 aromatic rings. The molecular formula is C10H19N3O2S. The van der Waals surface area contributed by atoms with Gasteiger partial charge < -0.3 is 20.3 Å². The van der Waals surface area contributed by atoms with Crippen LogP contribution < -0.4 is 5.73 Å². The Bertz CT molecular complexity index is 267. The molecule has 1 aliphatic heterocycles. The van der Waals surface area contributed by atoms with E-state index in [0.717, 1.165) is 0 Å². The average Bonchev–Trinajstić information content (AvgIpc) is 2.27. The van der Waals surface area contributed by atoms with Gasteiger partial charge in [0.25, 0.3) is 0 Å². The van der Waals surface area contributed by atoms with Gasteiger partial charge >= 0.3 is 6.03 Å². The zero-order valence-corrected chi connectivity index (χ0v) is 10.6. The fraction of sp³-hybridized carbons (Fsp3) is 0.800. The maximum atomic E-state index is 12.0. The Morgan fingerprint density at radius 1 is 1.56 bits per heavy atom. The van der Waals surface area contributed by atoms with Gasteiger partial charge in [0.15, 0.2) is 0 Å². The standard InChI is InChI=1S/C10H19N3O2S/c1-8(7-9(11)16)12(2)10(14)13-3-5-15-6-4-13/h8H,3-7H2,1-2H3,(H2,11,16). The average molecular weight is 245 g/mol. The molecule has 1 saturated heterocycles. The number of carbonyl (C=O) groups excluding carboxylic acids is 1. The lowest BCUT2D eigenvalue weighted by atomic mass is 10.2. The summed E-state index contributed by atoms with van der Waals surface area (Å²) in [6, 6.07) is 0.0555. The van der Waals surface area contributed by atoms with Crippen molar-refractivity contribution in [2.45, 2.75) is 19.4 Å². The second-order valence-corrected chi connectivity index (χ2v) is 4.54. The predicted molar refractivity (Wildman–Crippen MR) is 66.4 cm³/mol. The molecule has 0 radical (unpaired) electrons. The number of urea groups is 1. The third-order valence-electron chi connectivity index (χ3n) is 2.74. The van der Waals surface area contributed by atoms with E-state index in [1.165, 1.54) is 0 Å². The van der Waals surface area contributed by atoms with Crippen LogP contribution in [0, 0.1) is 0 Å². The molecule has 92 valence electrons. The number of thiocarbonyl (C=S) groups is 1. The highest BCUT2D eigenvalue weighted by Gasteiger charge is 2.23. The van der Waals surface area contributed by atoms with E-state index in [1.807, 2.05) is 6.92 Å². The summed E-state index contributed by atoms with van der Waals surface area (Å²) in [7, 11) is 1.78. The summed E-state index contributed by atoms with van der Waals surface area (Å²) >= 11 is 4.84. The number of nitrogens with zero attached hydrogens (tertiary/aromatic N) is 2. The van der Waals surface area contributed by atoms with E-state index in [9.17, 15) is 4.79 Å². The highest BCUT2D eigenvalue weighted by molar-refractivity contribution is 7.80. The lowest BCUT2D eigenvalue weighted by Gasteiger charge is -2.33. The van der Waals surface area contributed by atoms with Gasteiger partial charge in [-0.3, -0.25) is 0 Å². The first-order valence-electron chi connectivity index (χ1n) is 5.40. The number of rotatable bonds is 3. The number of nitrogens with two attached hydrogens (primary N) is 1. The Morgan fingerprint density at radius 2 is 2.12 bits per heavy atom. The van der Waals surface area contributed by atoms with Crippen molar-refractivity contribution in [1.29, 1.82) is 0 Å². The molecule has 6 heteroatoms. The highest BCUT2D eigenvalue weighted by atomic mass is 32.1. The number of amides is 2. The van der Waals surface area contributed by atoms with Crippen LogP contribution in [0.5, 0.6) is 0 Å². The molecule has 1 aliphatic rings. The van der Waals surface area contributed by atoms with Gasteiger partial charge in [0.2, 0.25) is 0 Å². The Kier molecular flexibility index (Phi) is 4.95. The summed E-state index contributed by atoms with van der Waals surface area (Å²) in [6.07, 6.45) is 0.557. The normalized spacial score (nSPS) is 18.0. The first kappa shape index (κ1) is 13.2. The van der Waals surface area contributed by atoms with Crippen LogP contribution in [0.1, 0.15) is 13.3 Å². The minimum absolute atomic E-state index is 0.0204. The van der Waals surface area contributed by atoms with Gasteiger partial charge in [0.05, 0.1) is 18.2 Å². The Hall–Kier alpha value is -0.880. The number of carbonyl (C=O) groups is 1. The van der Waals surface area contributed by atoms with Crippen LogP contribution in [0.25, 0.3) is 0 Å². The second-order valence-electron chi connectivity index (χ2n) is 4.01. The second kappa shape index (κ2) is 6.00. The fourth-order valence-corrected chi connectivity index (χ4v) is 1.84. The van der Waals surface area contributed by atoms with Crippen LogP contribution in [-0.4, -0.2) is 60.2 Å². The predicted octanol–water partition coefficient (Wildman–Crippen LogP) is 0.435.